The molecule has 1 heterocycles. The van der Waals surface area contributed by atoms with Gasteiger partial charge in [0, 0.05) is 29.3 Å². The Balaban J connectivity index is 2.06. The molecule has 1 fully saturated rings. The van der Waals surface area contributed by atoms with Gasteiger partial charge in [-0.1, -0.05) is 12.8 Å². The largest absolute Gasteiger partial charge is 0.308 e. The average molecular weight is 290 g/mol. The third-order valence-electron chi connectivity index (χ3n) is 3.79. The quantitative estimate of drug-likeness (QED) is 0.672. The molecule has 0 atom stereocenters. The molecular weight excluding hydrogens is 274 g/mol. The van der Waals surface area contributed by atoms with Crippen LogP contribution in [0.2, 0.25) is 0 Å². The van der Waals surface area contributed by atoms with Gasteiger partial charge in [0.2, 0.25) is 0 Å². The molecule has 0 spiro atoms. The maximum absolute atomic E-state index is 13.4. The number of hydrogen-bond donors (Lipinski definition) is 2. The molecule has 0 bridgehead atoms. The van der Waals surface area contributed by atoms with E-state index >= 15 is 0 Å². The lowest BCUT2D eigenvalue weighted by Crippen LogP contribution is -2.11. The molecule has 0 saturated heterocycles. The number of hydrogen-bond acceptors (Lipinski definition) is 4. The molecule has 0 aliphatic heterocycles. The molecule has 3 rings (SSSR count). The van der Waals surface area contributed by atoms with Gasteiger partial charge >= 0.3 is 0 Å². The summed E-state index contributed by atoms with van der Waals surface area (Å²) in [5.74, 6) is 5.23. The Morgan fingerprint density at radius 1 is 1.00 bits per heavy atom. The minimum absolute atomic E-state index is 0.283. The SMILES string of the molecule is NNc1cc(C2CCCC2)nc(-c2cc(F)cc(F)c2)n1. The first kappa shape index (κ1) is 13.9. The zero-order chi connectivity index (χ0) is 14.8. The van der Waals surface area contributed by atoms with Gasteiger partial charge in [-0.05, 0) is 25.0 Å². The summed E-state index contributed by atoms with van der Waals surface area (Å²) >= 11 is 0. The summed E-state index contributed by atoms with van der Waals surface area (Å²) in [5.41, 5.74) is 3.67. The highest BCUT2D eigenvalue weighted by atomic mass is 19.1. The highest BCUT2D eigenvalue weighted by Gasteiger charge is 2.20. The predicted octanol–water partition coefficient (Wildman–Crippen LogP) is 3.37. The van der Waals surface area contributed by atoms with Crippen molar-refractivity contribution in [3.8, 4) is 11.4 Å². The maximum atomic E-state index is 13.4. The molecule has 2 aromatic rings. The Labute approximate surface area is 121 Å². The van der Waals surface area contributed by atoms with Gasteiger partial charge in [0.1, 0.15) is 17.5 Å². The van der Waals surface area contributed by atoms with Crippen LogP contribution in [0.5, 0.6) is 0 Å². The number of anilines is 1. The molecule has 1 aliphatic carbocycles. The first-order chi connectivity index (χ1) is 10.2. The van der Waals surface area contributed by atoms with E-state index in [-0.39, 0.29) is 5.82 Å². The van der Waals surface area contributed by atoms with Gasteiger partial charge in [-0.25, -0.2) is 24.6 Å². The van der Waals surface area contributed by atoms with Crippen LogP contribution in [0.3, 0.4) is 0 Å². The topological polar surface area (TPSA) is 63.8 Å². The molecule has 21 heavy (non-hydrogen) atoms. The van der Waals surface area contributed by atoms with E-state index in [1.54, 1.807) is 6.07 Å². The Kier molecular flexibility index (Phi) is 3.79. The fourth-order valence-corrected chi connectivity index (χ4v) is 2.78. The second-order valence-corrected chi connectivity index (χ2v) is 5.29. The summed E-state index contributed by atoms with van der Waals surface area (Å²) in [6, 6.07) is 5.07. The Morgan fingerprint density at radius 3 is 2.29 bits per heavy atom. The molecule has 1 aliphatic rings. The lowest BCUT2D eigenvalue weighted by atomic mass is 10.0. The number of nitrogens with two attached hydrogens (primary N) is 1. The van der Waals surface area contributed by atoms with Crippen LogP contribution in [0.4, 0.5) is 14.6 Å². The van der Waals surface area contributed by atoms with Crippen LogP contribution in [-0.2, 0) is 0 Å². The molecule has 0 unspecified atom stereocenters. The molecular formula is C15H16F2N4. The second kappa shape index (κ2) is 5.73. The van der Waals surface area contributed by atoms with E-state index in [4.69, 9.17) is 5.84 Å². The summed E-state index contributed by atoms with van der Waals surface area (Å²) in [6.07, 6.45) is 4.48. The standard InChI is InChI=1S/C15H16F2N4/c16-11-5-10(6-12(17)7-11)15-19-13(8-14(20-15)21-18)9-3-1-2-4-9/h5-9H,1-4,18H2,(H,19,20,21). The number of nitrogens with one attached hydrogen (secondary N) is 1. The Morgan fingerprint density at radius 2 is 1.67 bits per heavy atom. The summed E-state index contributed by atoms with van der Waals surface area (Å²) in [4.78, 5) is 8.67. The van der Waals surface area contributed by atoms with Gasteiger partial charge in [-0.15, -0.1) is 0 Å². The van der Waals surface area contributed by atoms with Crippen LogP contribution in [-0.4, -0.2) is 9.97 Å². The minimum atomic E-state index is -0.651. The number of halogens is 2. The zero-order valence-electron chi connectivity index (χ0n) is 11.4. The number of aromatic nitrogens is 2. The highest BCUT2D eigenvalue weighted by molar-refractivity contribution is 5.58. The van der Waals surface area contributed by atoms with Crippen LogP contribution in [0.25, 0.3) is 11.4 Å². The van der Waals surface area contributed by atoms with Crippen LogP contribution in [0.15, 0.2) is 24.3 Å². The second-order valence-electron chi connectivity index (χ2n) is 5.29. The lowest BCUT2D eigenvalue weighted by molar-refractivity contribution is 0.584. The van der Waals surface area contributed by atoms with Gasteiger partial charge in [0.25, 0.3) is 0 Å². The summed E-state index contributed by atoms with van der Waals surface area (Å²) < 4.78 is 26.7. The number of nitrogens with zero attached hydrogens (tertiary/aromatic N) is 2. The molecule has 110 valence electrons. The molecule has 4 nitrogen and oxygen atoms in total. The van der Waals surface area contributed by atoms with E-state index in [2.05, 4.69) is 15.4 Å². The normalized spacial score (nSPS) is 15.4. The van der Waals surface area contributed by atoms with Crippen molar-refractivity contribution < 1.29 is 8.78 Å². The minimum Gasteiger partial charge on any atom is -0.308 e. The van der Waals surface area contributed by atoms with Crippen LogP contribution in [0, 0.1) is 11.6 Å². The van der Waals surface area contributed by atoms with Gasteiger partial charge in [-0.2, -0.15) is 0 Å². The van der Waals surface area contributed by atoms with Crippen molar-refractivity contribution in [2.24, 2.45) is 5.84 Å². The number of hydrazine groups is 1. The van der Waals surface area contributed by atoms with Crippen molar-refractivity contribution >= 4 is 5.82 Å². The van der Waals surface area contributed by atoms with E-state index in [1.807, 2.05) is 0 Å². The predicted molar refractivity (Wildman–Crippen MR) is 76.4 cm³/mol. The third-order valence-corrected chi connectivity index (χ3v) is 3.79. The average Bonchev–Trinajstić information content (AvgIpc) is 3.00. The van der Waals surface area contributed by atoms with E-state index < -0.39 is 11.6 Å². The smallest absolute Gasteiger partial charge is 0.162 e. The van der Waals surface area contributed by atoms with Crippen molar-refractivity contribution in [2.45, 2.75) is 31.6 Å². The Bertz CT molecular complexity index is 634. The molecule has 1 aromatic heterocycles. The van der Waals surface area contributed by atoms with E-state index in [9.17, 15) is 8.78 Å². The molecule has 0 amide bonds. The fraction of sp³-hybridized carbons (Fsp3) is 0.333. The first-order valence-corrected chi connectivity index (χ1v) is 6.98. The molecule has 0 radical (unpaired) electrons. The lowest BCUT2D eigenvalue weighted by Gasteiger charge is -2.12. The van der Waals surface area contributed by atoms with Crippen LogP contribution >= 0.6 is 0 Å². The molecule has 6 heteroatoms. The Hall–Kier alpha value is -2.08. The highest BCUT2D eigenvalue weighted by Crippen LogP contribution is 2.34. The van der Waals surface area contributed by atoms with Crippen molar-refractivity contribution in [3.63, 3.8) is 0 Å². The van der Waals surface area contributed by atoms with E-state index in [1.165, 1.54) is 25.0 Å². The molecule has 1 aromatic carbocycles. The maximum Gasteiger partial charge on any atom is 0.162 e. The number of rotatable bonds is 3. The van der Waals surface area contributed by atoms with Crippen molar-refractivity contribution in [1.29, 1.82) is 0 Å². The molecule has 3 N–H and O–H groups in total. The van der Waals surface area contributed by atoms with E-state index in [0.717, 1.165) is 24.6 Å². The van der Waals surface area contributed by atoms with Gasteiger partial charge in [0.05, 0.1) is 0 Å². The third kappa shape index (κ3) is 3.00. The summed E-state index contributed by atoms with van der Waals surface area (Å²) in [5, 5.41) is 0. The fourth-order valence-electron chi connectivity index (χ4n) is 2.78. The number of benzene rings is 1. The van der Waals surface area contributed by atoms with Gasteiger partial charge in [0.15, 0.2) is 5.82 Å². The van der Waals surface area contributed by atoms with Crippen LogP contribution in [0.1, 0.15) is 37.3 Å². The summed E-state index contributed by atoms with van der Waals surface area (Å²) in [7, 11) is 0. The van der Waals surface area contributed by atoms with Crippen molar-refractivity contribution in [3.05, 3.63) is 41.6 Å². The van der Waals surface area contributed by atoms with Gasteiger partial charge in [-0.3, -0.25) is 0 Å². The van der Waals surface area contributed by atoms with Crippen LogP contribution < -0.4 is 11.3 Å². The molecule has 1 saturated carbocycles. The van der Waals surface area contributed by atoms with E-state index in [0.29, 0.717) is 17.3 Å². The first-order valence-electron chi connectivity index (χ1n) is 6.98. The van der Waals surface area contributed by atoms with Crippen molar-refractivity contribution in [2.75, 3.05) is 5.43 Å². The monoisotopic (exact) mass is 290 g/mol. The summed E-state index contributed by atoms with van der Waals surface area (Å²) in [6.45, 7) is 0. The number of nitrogen functional groups attached to an aromatic ring is 1. The van der Waals surface area contributed by atoms with Gasteiger partial charge < -0.3 is 5.43 Å². The van der Waals surface area contributed by atoms with Crippen molar-refractivity contribution in [1.82, 2.24) is 9.97 Å². The zero-order valence-corrected chi connectivity index (χ0v) is 11.4.